The predicted molar refractivity (Wildman–Crippen MR) is 166 cm³/mol. The van der Waals surface area contributed by atoms with Gasteiger partial charge in [0.05, 0.1) is 0 Å². The Morgan fingerprint density at radius 2 is 1.62 bits per heavy atom. The summed E-state index contributed by atoms with van der Waals surface area (Å²) in [6.07, 6.45) is 11.7. The zero-order chi connectivity index (χ0) is 29.0. The van der Waals surface area contributed by atoms with E-state index >= 15 is 0 Å². The summed E-state index contributed by atoms with van der Waals surface area (Å²) in [5, 5.41) is 5.05. The molecule has 0 spiro atoms. The highest BCUT2D eigenvalue weighted by atomic mass is 16.2. The van der Waals surface area contributed by atoms with Crippen LogP contribution in [0.1, 0.15) is 102 Å². The Morgan fingerprint density at radius 1 is 1.00 bits per heavy atom. The number of rotatable bonds is 7. The van der Waals surface area contributed by atoms with Crippen molar-refractivity contribution in [1.82, 2.24) is 20.1 Å². The first kappa shape index (κ1) is 27.2. The minimum atomic E-state index is -0.709. The van der Waals surface area contributed by atoms with E-state index < -0.39 is 5.54 Å². The minimum Gasteiger partial charge on any atom is -0.358 e. The van der Waals surface area contributed by atoms with Crippen LogP contribution in [0.15, 0.2) is 24.3 Å². The van der Waals surface area contributed by atoms with Crippen molar-refractivity contribution in [3.05, 3.63) is 35.5 Å². The molecular weight excluding hydrogens is 520 g/mol. The number of para-hydroxylation sites is 1. The number of carbonyl (C=O) groups excluding carboxylic acids is 2. The highest BCUT2D eigenvalue weighted by molar-refractivity contribution is 5.93. The smallest absolute Gasteiger partial charge is 0.246 e. The monoisotopic (exact) mass is 570 g/mol. The van der Waals surface area contributed by atoms with E-state index in [0.717, 1.165) is 75.8 Å². The summed E-state index contributed by atoms with van der Waals surface area (Å²) in [4.78, 5) is 37.4. The second-order valence-corrected chi connectivity index (χ2v) is 16.3. The number of nitrogens with zero attached hydrogens (tertiary/aromatic N) is 2. The quantitative estimate of drug-likeness (QED) is 0.420. The van der Waals surface area contributed by atoms with Gasteiger partial charge in [-0.15, -0.1) is 0 Å². The van der Waals surface area contributed by atoms with Crippen LogP contribution in [0.4, 0.5) is 0 Å². The molecule has 1 aromatic carbocycles. The van der Waals surface area contributed by atoms with E-state index in [1.165, 1.54) is 41.4 Å². The topological polar surface area (TPSA) is 68.4 Å². The molecule has 2 N–H and O–H groups in total. The number of nitrogens with one attached hydrogen (secondary N) is 2. The van der Waals surface area contributed by atoms with Crippen LogP contribution < -0.4 is 5.32 Å². The maximum Gasteiger partial charge on any atom is 0.246 e. The molecule has 1 saturated heterocycles. The fourth-order valence-electron chi connectivity index (χ4n) is 11.0. The molecule has 6 aliphatic carbocycles. The van der Waals surface area contributed by atoms with E-state index in [9.17, 15) is 9.59 Å². The number of piperidine rings is 1. The molecule has 2 atom stereocenters. The number of fused-ring (bicyclic) bond motifs is 1. The molecular formula is C36H50N4O2. The first-order chi connectivity index (χ1) is 20.1. The van der Waals surface area contributed by atoms with Crippen LogP contribution in [0.3, 0.4) is 0 Å². The Labute approximate surface area is 251 Å². The van der Waals surface area contributed by atoms with Gasteiger partial charge in [0.2, 0.25) is 11.8 Å². The molecule has 2 heterocycles. The Balaban J connectivity index is 1.08. The summed E-state index contributed by atoms with van der Waals surface area (Å²) in [5.74, 6) is 3.40. The molecule has 6 nitrogen and oxygen atoms in total. The van der Waals surface area contributed by atoms with E-state index in [-0.39, 0.29) is 28.8 Å². The molecule has 2 amide bonds. The predicted octanol–water partition coefficient (Wildman–Crippen LogP) is 6.15. The van der Waals surface area contributed by atoms with Gasteiger partial charge < -0.3 is 20.1 Å². The Kier molecular flexibility index (Phi) is 6.05. The first-order valence-electron chi connectivity index (χ1n) is 17.0. The third kappa shape index (κ3) is 4.21. The first-order valence-corrected chi connectivity index (χ1v) is 17.0. The van der Waals surface area contributed by atoms with Crippen molar-refractivity contribution in [2.24, 2.45) is 29.1 Å². The lowest BCUT2D eigenvalue weighted by atomic mass is 9.53. The number of likely N-dealkylation sites (tertiary alicyclic amines) is 1. The number of hydrogen-bond donors (Lipinski definition) is 2. The number of aryl methyl sites for hydroxylation is 1. The summed E-state index contributed by atoms with van der Waals surface area (Å²) in [5.41, 5.74) is 3.12. The zero-order valence-corrected chi connectivity index (χ0v) is 26.2. The van der Waals surface area contributed by atoms with Crippen molar-refractivity contribution in [2.45, 2.75) is 114 Å². The lowest BCUT2D eigenvalue weighted by Gasteiger charge is -2.58. The third-order valence-electron chi connectivity index (χ3n) is 13.0. The number of hydrogen-bond acceptors (Lipinski definition) is 3. The van der Waals surface area contributed by atoms with E-state index in [2.05, 4.69) is 72.2 Å². The Morgan fingerprint density at radius 3 is 2.24 bits per heavy atom. The molecule has 2 aromatic rings. The summed E-state index contributed by atoms with van der Waals surface area (Å²) in [6, 6.07) is 8.81. The average molecular weight is 571 g/mol. The van der Waals surface area contributed by atoms with Crippen LogP contribution in [0.25, 0.3) is 10.9 Å². The largest absolute Gasteiger partial charge is 0.358 e. The van der Waals surface area contributed by atoms with Crippen LogP contribution in [-0.4, -0.2) is 63.9 Å². The number of carbonyl (C=O) groups is 2. The minimum absolute atomic E-state index is 0.0309. The molecule has 7 aliphatic rings. The average Bonchev–Trinajstić information content (AvgIpc) is 3.81. The van der Waals surface area contributed by atoms with Crippen LogP contribution >= 0.6 is 0 Å². The zero-order valence-electron chi connectivity index (χ0n) is 26.2. The van der Waals surface area contributed by atoms with Gasteiger partial charge in [0.25, 0.3) is 0 Å². The van der Waals surface area contributed by atoms with E-state index in [4.69, 9.17) is 0 Å². The van der Waals surface area contributed by atoms with Crippen molar-refractivity contribution in [1.29, 1.82) is 0 Å². The lowest BCUT2D eigenvalue weighted by Crippen LogP contribution is -2.69. The number of H-pyrrole nitrogens is 1. The normalized spacial score (nSPS) is 36.2. The van der Waals surface area contributed by atoms with Gasteiger partial charge in [-0.2, -0.15) is 0 Å². The van der Waals surface area contributed by atoms with Crippen LogP contribution in [-0.2, 0) is 9.59 Å². The SMILES string of the molecule is Cc1[nH]c2ccccc2c1C1C(CC(=O)N(C2CC2)C2(C(=O)NC34CC5CC(CC(C5)C3)C4)CCN(C)CC2)C1(C)C. The number of aromatic nitrogens is 1. The maximum atomic E-state index is 14.7. The van der Waals surface area contributed by atoms with Gasteiger partial charge in [0.1, 0.15) is 5.54 Å². The van der Waals surface area contributed by atoms with E-state index in [1.54, 1.807) is 0 Å². The molecule has 2 unspecified atom stereocenters. The van der Waals surface area contributed by atoms with Crippen molar-refractivity contribution in [2.75, 3.05) is 20.1 Å². The van der Waals surface area contributed by atoms with Crippen molar-refractivity contribution < 1.29 is 9.59 Å². The highest BCUT2D eigenvalue weighted by Gasteiger charge is 2.62. The summed E-state index contributed by atoms with van der Waals surface area (Å²) < 4.78 is 0. The molecule has 9 rings (SSSR count). The Bertz CT molecular complexity index is 1380. The van der Waals surface area contributed by atoms with Gasteiger partial charge in [0, 0.05) is 47.7 Å². The maximum absolute atomic E-state index is 14.7. The molecule has 6 heteroatoms. The van der Waals surface area contributed by atoms with Gasteiger partial charge in [-0.3, -0.25) is 9.59 Å². The van der Waals surface area contributed by atoms with Crippen LogP contribution in [0.2, 0.25) is 0 Å². The molecule has 226 valence electrons. The number of benzene rings is 1. The van der Waals surface area contributed by atoms with Crippen LogP contribution in [0.5, 0.6) is 0 Å². The number of amides is 2. The van der Waals surface area contributed by atoms with E-state index in [0.29, 0.717) is 18.3 Å². The highest BCUT2D eigenvalue weighted by Crippen LogP contribution is 2.67. The molecule has 42 heavy (non-hydrogen) atoms. The van der Waals surface area contributed by atoms with Gasteiger partial charge >= 0.3 is 0 Å². The third-order valence-corrected chi connectivity index (χ3v) is 13.0. The Hall–Kier alpha value is -2.34. The fourth-order valence-corrected chi connectivity index (χ4v) is 11.0. The van der Waals surface area contributed by atoms with Gasteiger partial charge in [0.15, 0.2) is 0 Å². The molecule has 0 radical (unpaired) electrons. The molecule has 1 aromatic heterocycles. The van der Waals surface area contributed by atoms with Crippen molar-refractivity contribution >= 4 is 22.7 Å². The lowest BCUT2D eigenvalue weighted by molar-refractivity contribution is -0.155. The standard InChI is InChI=1S/C36H50N4O2/c1-22-31(27-7-5-6-8-29(27)37-22)32-28(34(32,2)3)18-30(41)40(26-9-10-26)36(11-13-39(4)14-12-36)33(42)38-35-19-23-15-24(20-35)17-25(16-23)21-35/h5-8,23-26,28,32,37H,9-21H2,1-4H3,(H,38,42). The second-order valence-electron chi connectivity index (χ2n) is 16.3. The fraction of sp³-hybridized carbons (Fsp3) is 0.722. The molecule has 1 aliphatic heterocycles. The number of aromatic amines is 1. The second kappa shape index (κ2) is 9.33. The van der Waals surface area contributed by atoms with Crippen LogP contribution in [0, 0.1) is 36.0 Å². The van der Waals surface area contributed by atoms with Gasteiger partial charge in [-0.1, -0.05) is 32.0 Å². The molecule has 4 bridgehead atoms. The van der Waals surface area contributed by atoms with Gasteiger partial charge in [-0.05, 0) is 125 Å². The summed E-state index contributed by atoms with van der Waals surface area (Å²) in [6.45, 7) is 8.60. The molecule has 7 fully saturated rings. The van der Waals surface area contributed by atoms with E-state index in [1.807, 2.05) is 0 Å². The van der Waals surface area contributed by atoms with Gasteiger partial charge in [-0.25, -0.2) is 0 Å². The van der Waals surface area contributed by atoms with Crippen molar-refractivity contribution in [3.63, 3.8) is 0 Å². The van der Waals surface area contributed by atoms with Crippen molar-refractivity contribution in [3.8, 4) is 0 Å². The summed E-state index contributed by atoms with van der Waals surface area (Å²) in [7, 11) is 2.16. The summed E-state index contributed by atoms with van der Waals surface area (Å²) >= 11 is 0. The molecule has 6 saturated carbocycles.